The molecule has 44 heavy (non-hydrogen) atoms. The fraction of sp³-hybridized carbons (Fsp3) is 0.676. The van der Waals surface area contributed by atoms with Crippen LogP contribution in [0.25, 0.3) is 16.5 Å². The first-order valence-electron chi connectivity index (χ1n) is 16.6. The molecule has 2 aromatic rings. The molecular formula is C37H49NO6. The van der Waals surface area contributed by atoms with Gasteiger partial charge in [0.15, 0.2) is 0 Å². The molecule has 2 aliphatic heterocycles. The van der Waals surface area contributed by atoms with Crippen LogP contribution in [0.1, 0.15) is 110 Å². The SMILES string of the molecule is CC1(C)C=C2c3cc4[nH]c5c(c4cc3C(O)C2C(C)(C)O1)CC1CCC2(O)C3=CC(O)C(C(C)(C)O)OC3CCC2(C)C51C. The Hall–Kier alpha value is -2.00. The predicted octanol–water partition coefficient (Wildman–Crippen LogP) is 5.38. The van der Waals surface area contributed by atoms with Crippen molar-refractivity contribution in [3.05, 3.63) is 52.2 Å². The van der Waals surface area contributed by atoms with Gasteiger partial charge in [0.25, 0.3) is 0 Å². The molecule has 2 saturated carbocycles. The van der Waals surface area contributed by atoms with Crippen LogP contribution >= 0.6 is 0 Å². The number of rotatable bonds is 1. The molecule has 7 heteroatoms. The van der Waals surface area contributed by atoms with Crippen LogP contribution in [0.3, 0.4) is 0 Å². The van der Waals surface area contributed by atoms with Crippen LogP contribution < -0.4 is 0 Å². The zero-order valence-corrected chi connectivity index (χ0v) is 27.4. The van der Waals surface area contributed by atoms with Crippen molar-refractivity contribution >= 4 is 16.5 Å². The Morgan fingerprint density at radius 2 is 1.73 bits per heavy atom. The highest BCUT2D eigenvalue weighted by Gasteiger charge is 2.70. The van der Waals surface area contributed by atoms with E-state index in [1.165, 1.54) is 22.2 Å². The van der Waals surface area contributed by atoms with Crippen LogP contribution in [-0.4, -0.2) is 66.1 Å². The van der Waals surface area contributed by atoms with E-state index < -0.39 is 46.1 Å². The molecule has 8 rings (SSSR count). The number of ether oxygens (including phenoxy) is 2. The van der Waals surface area contributed by atoms with E-state index in [9.17, 15) is 20.4 Å². The first kappa shape index (κ1) is 29.4. The Bertz CT molecular complexity index is 1660. The average molecular weight is 604 g/mol. The summed E-state index contributed by atoms with van der Waals surface area (Å²) in [4.78, 5) is 3.90. The summed E-state index contributed by atoms with van der Waals surface area (Å²) in [6.45, 7) is 16.3. The lowest BCUT2D eigenvalue weighted by Crippen LogP contribution is -2.68. The van der Waals surface area contributed by atoms with Crippen molar-refractivity contribution in [2.45, 2.75) is 140 Å². The number of aromatic amines is 1. The van der Waals surface area contributed by atoms with Gasteiger partial charge in [-0.1, -0.05) is 13.8 Å². The molecular weight excluding hydrogens is 554 g/mol. The van der Waals surface area contributed by atoms with Gasteiger partial charge in [0.05, 0.1) is 34.6 Å². The van der Waals surface area contributed by atoms with Crippen LogP contribution in [0.5, 0.6) is 0 Å². The van der Waals surface area contributed by atoms with Gasteiger partial charge in [0, 0.05) is 33.3 Å². The third kappa shape index (κ3) is 3.44. The van der Waals surface area contributed by atoms with Crippen molar-refractivity contribution in [1.29, 1.82) is 0 Å². The van der Waals surface area contributed by atoms with Gasteiger partial charge in [0.1, 0.15) is 12.2 Å². The lowest BCUT2D eigenvalue weighted by molar-refractivity contribution is -0.209. The number of aromatic nitrogens is 1. The Morgan fingerprint density at radius 1 is 1.00 bits per heavy atom. The molecule has 4 aliphatic carbocycles. The number of hydrogen-bond acceptors (Lipinski definition) is 6. The minimum absolute atomic E-state index is 0.119. The van der Waals surface area contributed by atoms with E-state index in [-0.39, 0.29) is 17.4 Å². The number of aliphatic hydroxyl groups excluding tert-OH is 2. The molecule has 1 aromatic carbocycles. The van der Waals surface area contributed by atoms with Gasteiger partial charge in [0.2, 0.25) is 0 Å². The van der Waals surface area contributed by atoms with Gasteiger partial charge in [-0.25, -0.2) is 0 Å². The van der Waals surface area contributed by atoms with Crippen LogP contribution in [0, 0.1) is 17.3 Å². The van der Waals surface area contributed by atoms with E-state index >= 15 is 0 Å². The van der Waals surface area contributed by atoms with E-state index in [0.717, 1.165) is 47.9 Å². The third-order valence-electron chi connectivity index (χ3n) is 13.2. The number of aliphatic hydroxyl groups is 4. The lowest BCUT2D eigenvalue weighted by Gasteiger charge is -2.65. The fourth-order valence-corrected chi connectivity index (χ4v) is 11.2. The molecule has 0 bridgehead atoms. The lowest BCUT2D eigenvalue weighted by atomic mass is 9.42. The van der Waals surface area contributed by atoms with Gasteiger partial charge >= 0.3 is 0 Å². The van der Waals surface area contributed by atoms with Crippen molar-refractivity contribution in [2.75, 3.05) is 0 Å². The molecule has 0 saturated heterocycles. The van der Waals surface area contributed by atoms with Gasteiger partial charge in [-0.3, -0.25) is 0 Å². The maximum Gasteiger partial charge on any atom is 0.116 e. The third-order valence-corrected chi connectivity index (χ3v) is 13.2. The van der Waals surface area contributed by atoms with Crippen LogP contribution in [0.4, 0.5) is 0 Å². The second-order valence-corrected chi connectivity index (χ2v) is 17.0. The summed E-state index contributed by atoms with van der Waals surface area (Å²) in [6, 6.07) is 4.47. The van der Waals surface area contributed by atoms with Crippen molar-refractivity contribution in [1.82, 2.24) is 4.98 Å². The van der Waals surface area contributed by atoms with E-state index in [1.54, 1.807) is 19.9 Å². The van der Waals surface area contributed by atoms with Crippen LogP contribution in [-0.2, 0) is 21.3 Å². The molecule has 0 amide bonds. The second kappa shape index (κ2) is 8.47. The minimum Gasteiger partial charge on any atom is -0.388 e. The smallest absolute Gasteiger partial charge is 0.116 e. The molecule has 2 fully saturated rings. The van der Waals surface area contributed by atoms with Crippen molar-refractivity contribution in [3.8, 4) is 0 Å². The molecule has 7 nitrogen and oxygen atoms in total. The molecule has 3 heterocycles. The minimum atomic E-state index is -1.20. The summed E-state index contributed by atoms with van der Waals surface area (Å²) in [6.07, 6.45) is 5.23. The highest BCUT2D eigenvalue weighted by molar-refractivity contribution is 5.93. The molecule has 9 unspecified atom stereocenters. The fourth-order valence-electron chi connectivity index (χ4n) is 11.2. The van der Waals surface area contributed by atoms with E-state index in [2.05, 4.69) is 64.7 Å². The highest BCUT2D eigenvalue weighted by atomic mass is 16.5. The van der Waals surface area contributed by atoms with Crippen molar-refractivity contribution in [2.24, 2.45) is 17.3 Å². The second-order valence-electron chi connectivity index (χ2n) is 17.0. The van der Waals surface area contributed by atoms with Crippen LogP contribution in [0.2, 0.25) is 0 Å². The summed E-state index contributed by atoms with van der Waals surface area (Å²) in [5.41, 5.74) is 3.55. The predicted molar refractivity (Wildman–Crippen MR) is 169 cm³/mol. The first-order chi connectivity index (χ1) is 20.3. The normalized spacial score (nSPS) is 43.3. The highest BCUT2D eigenvalue weighted by Crippen LogP contribution is 2.69. The number of hydrogen-bond donors (Lipinski definition) is 5. The Labute approximate surface area is 260 Å². The molecule has 6 aliphatic rings. The quantitative estimate of drug-likeness (QED) is 0.280. The zero-order chi connectivity index (χ0) is 31.6. The number of nitrogens with one attached hydrogen (secondary N) is 1. The van der Waals surface area contributed by atoms with Gasteiger partial charge in [-0.15, -0.1) is 0 Å². The van der Waals surface area contributed by atoms with E-state index in [0.29, 0.717) is 12.3 Å². The topological polar surface area (TPSA) is 115 Å². The first-order valence-corrected chi connectivity index (χ1v) is 16.6. The Kier molecular flexibility index (Phi) is 5.66. The van der Waals surface area contributed by atoms with E-state index in [4.69, 9.17) is 9.47 Å². The molecule has 5 N–H and O–H groups in total. The van der Waals surface area contributed by atoms with Gasteiger partial charge in [-0.05, 0) is 132 Å². The summed E-state index contributed by atoms with van der Waals surface area (Å²) in [5.74, 6) is 0.248. The Balaban J connectivity index is 1.25. The maximum atomic E-state index is 12.8. The van der Waals surface area contributed by atoms with E-state index in [1.807, 2.05) is 0 Å². The molecule has 238 valence electrons. The standard InChI is InChI=1S/C37H49NO6/c1-32(2)17-23-19-15-25-20(14-21(19)29(40)28(23)34(5,6)44-32)22-13-18-9-12-37(42)24-16-26(39)31(33(3,4)41)43-27(24)10-11-35(37,7)36(18,8)30(22)38-25/h14-18,26-29,31,38-42H,9-13H2,1-8H3. The number of H-pyrrole nitrogens is 1. The molecule has 1 aromatic heterocycles. The summed E-state index contributed by atoms with van der Waals surface area (Å²) >= 11 is 0. The average Bonchev–Trinajstić information content (AvgIpc) is 3.50. The molecule has 9 atom stereocenters. The zero-order valence-electron chi connectivity index (χ0n) is 27.4. The molecule has 0 spiro atoms. The monoisotopic (exact) mass is 603 g/mol. The number of benzene rings is 1. The largest absolute Gasteiger partial charge is 0.388 e. The Morgan fingerprint density at radius 3 is 2.43 bits per heavy atom. The summed E-state index contributed by atoms with van der Waals surface area (Å²) in [5, 5.41) is 47.4. The van der Waals surface area contributed by atoms with Gasteiger partial charge in [-0.2, -0.15) is 0 Å². The summed E-state index contributed by atoms with van der Waals surface area (Å²) < 4.78 is 12.8. The maximum absolute atomic E-state index is 12.8. The molecule has 0 radical (unpaired) electrons. The van der Waals surface area contributed by atoms with Gasteiger partial charge < -0.3 is 34.9 Å². The van der Waals surface area contributed by atoms with Crippen LogP contribution in [0.15, 0.2) is 29.9 Å². The van der Waals surface area contributed by atoms with Crippen molar-refractivity contribution < 1.29 is 29.9 Å². The summed E-state index contributed by atoms with van der Waals surface area (Å²) in [7, 11) is 0. The number of fused-ring (bicyclic) bond motifs is 12. The van der Waals surface area contributed by atoms with Crippen molar-refractivity contribution in [3.63, 3.8) is 0 Å².